The lowest BCUT2D eigenvalue weighted by Gasteiger charge is -2.40. The Labute approximate surface area is 167 Å². The summed E-state index contributed by atoms with van der Waals surface area (Å²) in [4.78, 5) is 28.0. The smallest absolute Gasteiger partial charge is 0.239 e. The van der Waals surface area contributed by atoms with Crippen molar-refractivity contribution in [2.45, 2.75) is 59.2 Å². The SMILES string of the molecule is Cc1cccc(C(C)C)c1NC(=O)C(C)(C)C(=O)N1CCC2(CC1)OCCO2. The lowest BCUT2D eigenvalue weighted by Crippen LogP contribution is -2.53. The van der Waals surface area contributed by atoms with E-state index in [0.29, 0.717) is 39.1 Å². The molecule has 2 heterocycles. The molecule has 2 aliphatic heterocycles. The second-order valence-electron chi connectivity index (χ2n) is 8.67. The molecule has 2 amide bonds. The highest BCUT2D eigenvalue weighted by molar-refractivity contribution is 6.10. The molecule has 0 atom stereocenters. The summed E-state index contributed by atoms with van der Waals surface area (Å²) in [5.74, 6) is -0.685. The molecule has 6 nitrogen and oxygen atoms in total. The largest absolute Gasteiger partial charge is 0.347 e. The van der Waals surface area contributed by atoms with Gasteiger partial charge in [-0.1, -0.05) is 32.0 Å². The van der Waals surface area contributed by atoms with Crippen LogP contribution in [0.5, 0.6) is 0 Å². The maximum absolute atomic E-state index is 13.1. The van der Waals surface area contributed by atoms with Gasteiger partial charge in [-0.25, -0.2) is 0 Å². The van der Waals surface area contributed by atoms with Crippen LogP contribution < -0.4 is 5.32 Å². The number of anilines is 1. The predicted molar refractivity (Wildman–Crippen MR) is 108 cm³/mol. The number of para-hydroxylation sites is 1. The zero-order valence-electron chi connectivity index (χ0n) is 17.6. The fourth-order valence-corrected chi connectivity index (χ4v) is 3.94. The topological polar surface area (TPSA) is 67.9 Å². The highest BCUT2D eigenvalue weighted by atomic mass is 16.7. The van der Waals surface area contributed by atoms with Crippen LogP contribution in [0.2, 0.25) is 0 Å². The van der Waals surface area contributed by atoms with Crippen LogP contribution in [0.1, 0.15) is 57.6 Å². The maximum Gasteiger partial charge on any atom is 0.239 e. The third kappa shape index (κ3) is 3.94. The number of aryl methyl sites for hydroxylation is 1. The van der Waals surface area contributed by atoms with Gasteiger partial charge in [0.15, 0.2) is 5.79 Å². The summed E-state index contributed by atoms with van der Waals surface area (Å²) in [6.07, 6.45) is 1.29. The predicted octanol–water partition coefficient (Wildman–Crippen LogP) is 3.45. The number of amides is 2. The van der Waals surface area contributed by atoms with Crippen LogP contribution in [0.15, 0.2) is 18.2 Å². The second kappa shape index (κ2) is 7.84. The van der Waals surface area contributed by atoms with Gasteiger partial charge in [-0.15, -0.1) is 0 Å². The van der Waals surface area contributed by atoms with Crippen LogP contribution in [-0.2, 0) is 19.1 Å². The molecule has 3 rings (SSSR count). The lowest BCUT2D eigenvalue weighted by molar-refractivity contribution is -0.189. The van der Waals surface area contributed by atoms with E-state index in [4.69, 9.17) is 9.47 Å². The van der Waals surface area contributed by atoms with Crippen LogP contribution >= 0.6 is 0 Å². The van der Waals surface area contributed by atoms with E-state index in [0.717, 1.165) is 16.8 Å². The van der Waals surface area contributed by atoms with Crippen molar-refractivity contribution in [1.82, 2.24) is 4.90 Å². The van der Waals surface area contributed by atoms with E-state index in [1.54, 1.807) is 18.7 Å². The number of nitrogens with zero attached hydrogens (tertiary/aromatic N) is 1. The van der Waals surface area contributed by atoms with Gasteiger partial charge in [0.1, 0.15) is 5.41 Å². The van der Waals surface area contributed by atoms with Gasteiger partial charge in [0, 0.05) is 31.6 Å². The molecule has 0 aromatic heterocycles. The van der Waals surface area contributed by atoms with Crippen LogP contribution in [0.25, 0.3) is 0 Å². The van der Waals surface area contributed by atoms with Crippen molar-refractivity contribution in [3.63, 3.8) is 0 Å². The van der Waals surface area contributed by atoms with E-state index in [1.165, 1.54) is 0 Å². The third-order valence-electron chi connectivity index (χ3n) is 5.89. The standard InChI is InChI=1S/C22H32N2O4/c1-15(2)17-8-6-7-16(3)18(17)23-19(25)21(4,5)20(26)24-11-9-22(10-12-24)27-13-14-28-22/h6-8,15H,9-14H2,1-5H3,(H,23,25). The summed E-state index contributed by atoms with van der Waals surface area (Å²) >= 11 is 0. The molecule has 2 aliphatic rings. The molecule has 1 spiro atoms. The minimum atomic E-state index is -1.15. The molecule has 0 aliphatic carbocycles. The number of carbonyl (C=O) groups excluding carboxylic acids is 2. The molecule has 2 fully saturated rings. The summed E-state index contributed by atoms with van der Waals surface area (Å²) in [5.41, 5.74) is 1.73. The first-order valence-electron chi connectivity index (χ1n) is 10.1. The second-order valence-corrected chi connectivity index (χ2v) is 8.67. The molecular formula is C22H32N2O4. The van der Waals surface area contributed by atoms with E-state index in [1.807, 2.05) is 25.1 Å². The van der Waals surface area contributed by atoms with E-state index in [2.05, 4.69) is 19.2 Å². The zero-order chi connectivity index (χ0) is 20.5. The summed E-state index contributed by atoms with van der Waals surface area (Å²) in [6.45, 7) is 11.9. The normalized spacial score (nSPS) is 19.3. The van der Waals surface area contributed by atoms with Crippen molar-refractivity contribution in [3.05, 3.63) is 29.3 Å². The van der Waals surface area contributed by atoms with Crippen molar-refractivity contribution in [2.75, 3.05) is 31.6 Å². The molecule has 1 aromatic carbocycles. The monoisotopic (exact) mass is 388 g/mol. The van der Waals surface area contributed by atoms with E-state index in [-0.39, 0.29) is 17.7 Å². The number of rotatable bonds is 4. The number of likely N-dealkylation sites (tertiary alicyclic amines) is 1. The van der Waals surface area contributed by atoms with Crippen molar-refractivity contribution in [1.29, 1.82) is 0 Å². The van der Waals surface area contributed by atoms with Crippen molar-refractivity contribution >= 4 is 17.5 Å². The molecule has 28 heavy (non-hydrogen) atoms. The number of benzene rings is 1. The van der Waals surface area contributed by atoms with Crippen LogP contribution in [0, 0.1) is 12.3 Å². The minimum absolute atomic E-state index is 0.155. The fraction of sp³-hybridized carbons (Fsp3) is 0.636. The number of piperidine rings is 1. The van der Waals surface area contributed by atoms with Crippen molar-refractivity contribution in [2.24, 2.45) is 5.41 Å². The Hall–Kier alpha value is -1.92. The van der Waals surface area contributed by atoms with Gasteiger partial charge >= 0.3 is 0 Å². The molecule has 154 valence electrons. The van der Waals surface area contributed by atoms with Gasteiger partial charge in [0.25, 0.3) is 0 Å². The number of hydrogen-bond donors (Lipinski definition) is 1. The molecular weight excluding hydrogens is 356 g/mol. The van der Waals surface area contributed by atoms with Crippen LogP contribution in [-0.4, -0.2) is 48.8 Å². The first-order valence-corrected chi connectivity index (χ1v) is 10.1. The van der Waals surface area contributed by atoms with Crippen LogP contribution in [0.4, 0.5) is 5.69 Å². The van der Waals surface area contributed by atoms with Gasteiger partial charge < -0.3 is 19.7 Å². The van der Waals surface area contributed by atoms with Gasteiger partial charge in [0.05, 0.1) is 13.2 Å². The first kappa shape index (κ1) is 20.8. The molecule has 0 bridgehead atoms. The minimum Gasteiger partial charge on any atom is -0.347 e. The van der Waals surface area contributed by atoms with Gasteiger partial charge in [-0.2, -0.15) is 0 Å². The Bertz CT molecular complexity index is 741. The molecule has 6 heteroatoms. The first-order chi connectivity index (χ1) is 13.2. The number of ether oxygens (including phenoxy) is 2. The third-order valence-corrected chi connectivity index (χ3v) is 5.89. The Morgan fingerprint density at radius 1 is 1.14 bits per heavy atom. The van der Waals surface area contributed by atoms with E-state index in [9.17, 15) is 9.59 Å². The van der Waals surface area contributed by atoms with E-state index < -0.39 is 11.2 Å². The van der Waals surface area contributed by atoms with Gasteiger partial charge in [-0.05, 0) is 37.8 Å². The van der Waals surface area contributed by atoms with Gasteiger partial charge in [-0.3, -0.25) is 9.59 Å². The maximum atomic E-state index is 13.1. The Morgan fingerprint density at radius 3 is 2.32 bits per heavy atom. The lowest BCUT2D eigenvalue weighted by atomic mass is 9.88. The highest BCUT2D eigenvalue weighted by Gasteiger charge is 2.45. The summed E-state index contributed by atoms with van der Waals surface area (Å²) in [6, 6.07) is 5.99. The van der Waals surface area contributed by atoms with Crippen molar-refractivity contribution in [3.8, 4) is 0 Å². The van der Waals surface area contributed by atoms with E-state index >= 15 is 0 Å². The van der Waals surface area contributed by atoms with Gasteiger partial charge in [0.2, 0.25) is 11.8 Å². The zero-order valence-corrected chi connectivity index (χ0v) is 17.6. The average molecular weight is 389 g/mol. The quantitative estimate of drug-likeness (QED) is 0.802. The molecule has 0 unspecified atom stereocenters. The summed E-state index contributed by atoms with van der Waals surface area (Å²) < 4.78 is 11.5. The number of carbonyl (C=O) groups is 2. The summed E-state index contributed by atoms with van der Waals surface area (Å²) in [7, 11) is 0. The molecule has 0 radical (unpaired) electrons. The molecule has 1 N–H and O–H groups in total. The average Bonchev–Trinajstić information content (AvgIpc) is 3.11. The van der Waals surface area contributed by atoms with Crippen LogP contribution in [0.3, 0.4) is 0 Å². The van der Waals surface area contributed by atoms with Crippen molar-refractivity contribution < 1.29 is 19.1 Å². The Kier molecular flexibility index (Phi) is 5.82. The fourth-order valence-electron chi connectivity index (χ4n) is 3.94. The molecule has 2 saturated heterocycles. The Balaban J connectivity index is 1.70. The molecule has 0 saturated carbocycles. The summed E-state index contributed by atoms with van der Waals surface area (Å²) in [5, 5.41) is 3.03. The number of hydrogen-bond acceptors (Lipinski definition) is 4. The molecule has 1 aromatic rings. The Morgan fingerprint density at radius 2 is 1.75 bits per heavy atom. The highest BCUT2D eigenvalue weighted by Crippen LogP contribution is 2.34. The number of nitrogens with one attached hydrogen (secondary N) is 1.